The Kier molecular flexibility index (Phi) is 7.56. The van der Waals surface area contributed by atoms with E-state index in [9.17, 15) is 8.42 Å². The van der Waals surface area contributed by atoms with Gasteiger partial charge in [-0.2, -0.15) is 18.5 Å². The van der Waals surface area contributed by atoms with Gasteiger partial charge in [-0.25, -0.2) is 5.01 Å². The smallest absolute Gasteiger partial charge is 0.285 e. The quantitative estimate of drug-likeness (QED) is 0.359. The number of nitrogens with two attached hydrogens (primary N) is 1. The van der Waals surface area contributed by atoms with Gasteiger partial charge in [0.1, 0.15) is 0 Å². The average molecular weight is 522 g/mol. The summed E-state index contributed by atoms with van der Waals surface area (Å²) in [6, 6.07) is 24.0. The molecular weight excluding hydrogens is 494 g/mol. The normalized spacial score (nSPS) is 17.0. The van der Waals surface area contributed by atoms with Gasteiger partial charge in [0, 0.05) is 10.9 Å². The summed E-state index contributed by atoms with van der Waals surface area (Å²) in [6.07, 6.45) is 0. The molecule has 1 atom stereocenters. The predicted molar refractivity (Wildman–Crippen MR) is 146 cm³/mol. The second kappa shape index (κ2) is 10.6. The van der Waals surface area contributed by atoms with E-state index < -0.39 is 10.0 Å². The van der Waals surface area contributed by atoms with E-state index in [0.29, 0.717) is 11.6 Å². The Labute approximate surface area is 217 Å². The lowest BCUT2D eigenvalue weighted by Crippen LogP contribution is -2.27. The van der Waals surface area contributed by atoms with Crippen molar-refractivity contribution in [2.75, 3.05) is 6.54 Å². The topological polar surface area (TPSA) is 100 Å². The van der Waals surface area contributed by atoms with E-state index in [2.05, 4.69) is 9.39 Å². The van der Waals surface area contributed by atoms with Crippen LogP contribution in [0.5, 0.6) is 0 Å². The molecule has 0 fully saturated rings. The molecule has 0 aromatic heterocycles. The molecule has 4 rings (SSSR count). The van der Waals surface area contributed by atoms with Crippen molar-refractivity contribution in [3.63, 3.8) is 0 Å². The first-order chi connectivity index (χ1) is 17.1. The van der Waals surface area contributed by atoms with Crippen LogP contribution in [0.25, 0.3) is 0 Å². The number of sulfonamides is 1. The van der Waals surface area contributed by atoms with Crippen LogP contribution in [0.3, 0.4) is 0 Å². The molecule has 0 radical (unpaired) electrons. The number of hydrogen-bond donors (Lipinski definition) is 1. The van der Waals surface area contributed by atoms with Gasteiger partial charge in [-0.3, -0.25) is 0 Å². The third-order valence-corrected chi connectivity index (χ3v) is 7.33. The average Bonchev–Trinajstić information content (AvgIpc) is 3.30. The summed E-state index contributed by atoms with van der Waals surface area (Å²) < 4.78 is 30.5. The molecular formula is C27H28ClN5O2S. The van der Waals surface area contributed by atoms with Crippen molar-refractivity contribution in [2.24, 2.45) is 20.2 Å². The maximum Gasteiger partial charge on any atom is 0.285 e. The lowest BCUT2D eigenvalue weighted by molar-refractivity contribution is 0.470. The Morgan fingerprint density at radius 2 is 1.67 bits per heavy atom. The van der Waals surface area contributed by atoms with Gasteiger partial charge < -0.3 is 5.73 Å². The first kappa shape index (κ1) is 25.6. The van der Waals surface area contributed by atoms with Crippen LogP contribution >= 0.6 is 11.6 Å². The molecule has 3 aromatic rings. The number of aliphatic imine (C=N–C) groups is 1. The summed E-state index contributed by atoms with van der Waals surface area (Å²) in [5.41, 5.74) is 9.57. The zero-order valence-electron chi connectivity index (χ0n) is 20.3. The zero-order chi connectivity index (χ0) is 25.9. The van der Waals surface area contributed by atoms with Crippen LogP contribution in [0.1, 0.15) is 49.3 Å². The summed E-state index contributed by atoms with van der Waals surface area (Å²) in [5.74, 6) is 0.225. The van der Waals surface area contributed by atoms with Gasteiger partial charge in [0.2, 0.25) is 0 Å². The Hall–Kier alpha value is -3.49. The third-order valence-electron chi connectivity index (χ3n) is 5.81. The van der Waals surface area contributed by atoms with Gasteiger partial charge in [-0.05, 0) is 53.8 Å². The molecule has 0 saturated heterocycles. The number of hydrogen-bond acceptors (Lipinski definition) is 3. The highest BCUT2D eigenvalue weighted by molar-refractivity contribution is 7.90. The Balaban J connectivity index is 1.77. The number of halogens is 1. The molecule has 0 bridgehead atoms. The van der Waals surface area contributed by atoms with Crippen LogP contribution < -0.4 is 5.73 Å². The summed E-state index contributed by atoms with van der Waals surface area (Å²) in [7, 11) is -4.06. The van der Waals surface area contributed by atoms with E-state index in [1.54, 1.807) is 43.3 Å². The fraction of sp³-hybridized carbons (Fsp3) is 0.222. The lowest BCUT2D eigenvalue weighted by Gasteiger charge is -2.16. The minimum atomic E-state index is -4.06. The maximum absolute atomic E-state index is 13.2. The minimum absolute atomic E-state index is 0.0787. The molecule has 1 aliphatic heterocycles. The van der Waals surface area contributed by atoms with Crippen molar-refractivity contribution >= 4 is 39.1 Å². The van der Waals surface area contributed by atoms with Crippen molar-refractivity contribution in [1.29, 1.82) is 0 Å². The van der Waals surface area contributed by atoms with Gasteiger partial charge >= 0.3 is 0 Å². The van der Waals surface area contributed by atoms with Gasteiger partial charge in [0.25, 0.3) is 16.0 Å². The lowest BCUT2D eigenvalue weighted by atomic mass is 9.91. The molecule has 0 spiro atoms. The van der Waals surface area contributed by atoms with Crippen LogP contribution in [0.15, 0.2) is 98.2 Å². The first-order valence-corrected chi connectivity index (χ1v) is 13.4. The highest BCUT2D eigenvalue weighted by Gasteiger charge is 2.32. The first-order valence-electron chi connectivity index (χ1n) is 11.6. The second-order valence-corrected chi connectivity index (χ2v) is 10.9. The van der Waals surface area contributed by atoms with E-state index in [1.165, 1.54) is 5.01 Å². The molecule has 36 heavy (non-hydrogen) atoms. The fourth-order valence-electron chi connectivity index (χ4n) is 3.92. The van der Waals surface area contributed by atoms with Crippen molar-refractivity contribution < 1.29 is 8.42 Å². The molecule has 1 heterocycles. The Morgan fingerprint density at radius 1 is 1.03 bits per heavy atom. The second-order valence-electron chi connectivity index (χ2n) is 8.88. The van der Waals surface area contributed by atoms with Crippen LogP contribution in [0, 0.1) is 0 Å². The van der Waals surface area contributed by atoms with Gasteiger partial charge in [0.05, 0.1) is 23.0 Å². The highest BCUT2D eigenvalue weighted by atomic mass is 35.5. The number of guanidine groups is 1. The maximum atomic E-state index is 13.2. The third kappa shape index (κ3) is 5.83. The minimum Gasteiger partial charge on any atom is -0.387 e. The van der Waals surface area contributed by atoms with Gasteiger partial charge in [-0.15, -0.1) is 4.40 Å². The Bertz CT molecular complexity index is 1410. The van der Waals surface area contributed by atoms with Crippen molar-refractivity contribution in [3.05, 3.63) is 101 Å². The number of benzene rings is 3. The molecule has 9 heteroatoms. The fourth-order valence-corrected chi connectivity index (χ4v) is 4.98. The highest BCUT2D eigenvalue weighted by Crippen LogP contribution is 2.30. The summed E-state index contributed by atoms with van der Waals surface area (Å²) in [4.78, 5) is 4.33. The number of hydrazone groups is 1. The molecule has 2 N–H and O–H groups in total. The van der Waals surface area contributed by atoms with E-state index in [0.717, 1.165) is 22.4 Å². The number of nitrogens with zero attached hydrogens (tertiary/aromatic N) is 4. The zero-order valence-corrected chi connectivity index (χ0v) is 21.9. The van der Waals surface area contributed by atoms with Crippen LogP contribution in [-0.4, -0.2) is 37.5 Å². The van der Waals surface area contributed by atoms with E-state index in [-0.39, 0.29) is 28.5 Å². The van der Waals surface area contributed by atoms with Crippen molar-refractivity contribution in [1.82, 2.24) is 5.01 Å². The van der Waals surface area contributed by atoms with Crippen molar-refractivity contribution in [3.8, 4) is 0 Å². The van der Waals surface area contributed by atoms with E-state index in [4.69, 9.17) is 22.4 Å². The molecule has 0 aliphatic carbocycles. The summed E-state index contributed by atoms with van der Waals surface area (Å²) in [6.45, 7) is 6.02. The van der Waals surface area contributed by atoms with Crippen LogP contribution in [-0.2, 0) is 10.0 Å². The molecule has 0 amide bonds. The summed E-state index contributed by atoms with van der Waals surface area (Å²) >= 11 is 6.10. The van der Waals surface area contributed by atoms with E-state index >= 15 is 0 Å². The van der Waals surface area contributed by atoms with Gasteiger partial charge in [0.15, 0.2) is 0 Å². The molecule has 3 aromatic carbocycles. The Morgan fingerprint density at radius 3 is 2.25 bits per heavy atom. The van der Waals surface area contributed by atoms with Crippen LogP contribution in [0.4, 0.5) is 0 Å². The predicted octanol–water partition coefficient (Wildman–Crippen LogP) is 5.39. The molecule has 186 valence electrons. The standard InChI is InChI=1S/C27H28ClN5O2S/c1-18(2)20-11-15-24(16-12-20)36(34,35)32-27(30-19(3)29)33-17-25(21-7-5-4-6-8-21)26(31-33)22-9-13-23(28)14-10-22/h4-16,18,25H,17H2,1-3H3,(H2,29,30,32). The molecule has 0 saturated carbocycles. The van der Waals surface area contributed by atoms with Gasteiger partial charge in [-0.1, -0.05) is 80.0 Å². The number of amidine groups is 1. The largest absolute Gasteiger partial charge is 0.387 e. The molecule has 7 nitrogen and oxygen atoms in total. The van der Waals surface area contributed by atoms with Crippen LogP contribution in [0.2, 0.25) is 5.02 Å². The van der Waals surface area contributed by atoms with E-state index in [1.807, 2.05) is 56.3 Å². The number of rotatable bonds is 5. The van der Waals surface area contributed by atoms with Crippen molar-refractivity contribution in [2.45, 2.75) is 37.5 Å². The monoisotopic (exact) mass is 521 g/mol. The summed E-state index contributed by atoms with van der Waals surface area (Å²) in [5, 5.41) is 6.88. The molecule has 1 aliphatic rings. The molecule has 1 unspecified atom stereocenters. The SMILES string of the molecule is C/C(N)=N\C(=N/S(=O)(=O)c1ccc(C(C)C)cc1)N1CC(c2ccccc2)C(c2ccc(Cl)cc2)=N1.